The molecule has 1 rings (SSSR count). The van der Waals surface area contributed by atoms with Crippen molar-refractivity contribution in [2.75, 3.05) is 13.7 Å². The predicted octanol–water partition coefficient (Wildman–Crippen LogP) is 1.41. The molecule has 2 N–H and O–H groups in total. The van der Waals surface area contributed by atoms with E-state index in [9.17, 15) is 13.6 Å². The van der Waals surface area contributed by atoms with Crippen molar-refractivity contribution in [2.45, 2.75) is 12.5 Å². The van der Waals surface area contributed by atoms with E-state index in [4.69, 9.17) is 9.84 Å². The summed E-state index contributed by atoms with van der Waals surface area (Å²) in [6, 6.07) is 2.07. The largest absolute Gasteiger partial charge is 0.493 e. The molecule has 0 aliphatic carbocycles. The van der Waals surface area contributed by atoms with Crippen LogP contribution in [0.25, 0.3) is 0 Å². The molecule has 0 fully saturated rings. The fraction of sp³-hybridized carbons (Fsp3) is 0.364. The van der Waals surface area contributed by atoms with Crippen LogP contribution in [0.3, 0.4) is 0 Å². The summed E-state index contributed by atoms with van der Waals surface area (Å²) in [6.07, 6.45) is 0.198. The molecule has 0 aliphatic heterocycles. The number of carboxylic acids is 1. The Labute approximate surface area is 97.2 Å². The van der Waals surface area contributed by atoms with Crippen molar-refractivity contribution >= 4 is 5.97 Å². The van der Waals surface area contributed by atoms with E-state index in [2.05, 4.69) is 5.32 Å². The molecule has 1 aromatic carbocycles. The second kappa shape index (κ2) is 6.15. The maximum Gasteiger partial charge on any atom is 0.320 e. The van der Waals surface area contributed by atoms with Gasteiger partial charge in [-0.05, 0) is 7.05 Å². The summed E-state index contributed by atoms with van der Waals surface area (Å²) in [4.78, 5) is 10.6. The molecule has 1 aromatic rings. The Balaban J connectivity index is 2.47. The number of rotatable bonds is 6. The third-order valence-corrected chi connectivity index (χ3v) is 2.16. The first-order chi connectivity index (χ1) is 8.02. The fourth-order valence-corrected chi connectivity index (χ4v) is 1.30. The maximum atomic E-state index is 12.8. The standard InChI is InChI=1S/C11H13F2NO3/c1-14-10(11(15)16)2-3-17-9-5-7(12)4-8(13)6-9/h4-6,10,14H,2-3H2,1H3,(H,15,16). The average Bonchev–Trinajstić information content (AvgIpc) is 2.22. The van der Waals surface area contributed by atoms with E-state index in [-0.39, 0.29) is 18.8 Å². The van der Waals surface area contributed by atoms with Crippen LogP contribution < -0.4 is 10.1 Å². The smallest absolute Gasteiger partial charge is 0.320 e. The van der Waals surface area contributed by atoms with Crippen LogP contribution in [-0.2, 0) is 4.79 Å². The van der Waals surface area contributed by atoms with Gasteiger partial charge in [0.25, 0.3) is 0 Å². The van der Waals surface area contributed by atoms with E-state index in [0.717, 1.165) is 18.2 Å². The van der Waals surface area contributed by atoms with Crippen molar-refractivity contribution < 1.29 is 23.4 Å². The quantitative estimate of drug-likeness (QED) is 0.795. The molecule has 0 amide bonds. The highest BCUT2D eigenvalue weighted by Gasteiger charge is 2.14. The second-order valence-corrected chi connectivity index (χ2v) is 3.42. The molecule has 17 heavy (non-hydrogen) atoms. The van der Waals surface area contributed by atoms with Gasteiger partial charge in [-0.25, -0.2) is 8.78 Å². The molecule has 94 valence electrons. The SMILES string of the molecule is CNC(CCOc1cc(F)cc(F)c1)C(=O)O. The molecule has 0 saturated carbocycles. The van der Waals surface area contributed by atoms with Gasteiger partial charge in [-0.3, -0.25) is 4.79 Å². The van der Waals surface area contributed by atoms with E-state index in [1.807, 2.05) is 0 Å². The van der Waals surface area contributed by atoms with E-state index in [0.29, 0.717) is 0 Å². The highest BCUT2D eigenvalue weighted by atomic mass is 19.1. The van der Waals surface area contributed by atoms with Gasteiger partial charge in [0.2, 0.25) is 0 Å². The van der Waals surface area contributed by atoms with Crippen LogP contribution in [0, 0.1) is 11.6 Å². The maximum absolute atomic E-state index is 12.8. The number of hydrogen-bond donors (Lipinski definition) is 2. The van der Waals surface area contributed by atoms with Crippen LogP contribution >= 0.6 is 0 Å². The summed E-state index contributed by atoms with van der Waals surface area (Å²) in [6.45, 7) is 0.0563. The minimum atomic E-state index is -0.999. The molecule has 0 aromatic heterocycles. The molecule has 0 heterocycles. The number of carboxylic acid groups (broad SMARTS) is 1. The summed E-state index contributed by atoms with van der Waals surface area (Å²) in [5.74, 6) is -2.42. The van der Waals surface area contributed by atoms with E-state index >= 15 is 0 Å². The Morgan fingerprint density at radius 3 is 2.47 bits per heavy atom. The van der Waals surface area contributed by atoms with Crippen molar-refractivity contribution in [3.05, 3.63) is 29.8 Å². The average molecular weight is 245 g/mol. The van der Waals surface area contributed by atoms with Gasteiger partial charge in [0.05, 0.1) is 6.61 Å². The molecule has 4 nitrogen and oxygen atoms in total. The van der Waals surface area contributed by atoms with E-state index in [1.54, 1.807) is 0 Å². The summed E-state index contributed by atoms with van der Waals surface area (Å²) in [5, 5.41) is 11.3. The number of carbonyl (C=O) groups is 1. The van der Waals surface area contributed by atoms with E-state index < -0.39 is 23.6 Å². The minimum absolute atomic E-state index is 0.0442. The summed E-state index contributed by atoms with van der Waals surface area (Å²) in [7, 11) is 1.51. The number of nitrogens with one attached hydrogen (secondary N) is 1. The molecule has 1 atom stereocenters. The number of ether oxygens (including phenoxy) is 1. The molecular formula is C11H13F2NO3. The van der Waals surface area contributed by atoms with Crippen LogP contribution in [0.4, 0.5) is 8.78 Å². The van der Waals surface area contributed by atoms with Crippen LogP contribution in [0.15, 0.2) is 18.2 Å². The number of likely N-dealkylation sites (N-methyl/N-ethyl adjacent to an activating group) is 1. The number of hydrogen-bond acceptors (Lipinski definition) is 3. The Kier molecular flexibility index (Phi) is 4.84. The molecule has 0 saturated heterocycles. The van der Waals surface area contributed by atoms with Gasteiger partial charge in [-0.15, -0.1) is 0 Å². The number of aliphatic carboxylic acids is 1. The molecule has 1 unspecified atom stereocenters. The molecule has 6 heteroatoms. The van der Waals surface area contributed by atoms with Gasteiger partial charge in [-0.1, -0.05) is 0 Å². The highest BCUT2D eigenvalue weighted by Crippen LogP contribution is 2.15. The second-order valence-electron chi connectivity index (χ2n) is 3.42. The molecular weight excluding hydrogens is 232 g/mol. The lowest BCUT2D eigenvalue weighted by Crippen LogP contribution is -2.35. The van der Waals surface area contributed by atoms with Crippen LogP contribution in [0.5, 0.6) is 5.75 Å². The lowest BCUT2D eigenvalue weighted by Gasteiger charge is -2.12. The Bertz CT molecular complexity index is 378. The topological polar surface area (TPSA) is 58.6 Å². The number of halogens is 2. The van der Waals surface area contributed by atoms with Crippen molar-refractivity contribution in [1.82, 2.24) is 5.32 Å². The number of benzene rings is 1. The zero-order valence-electron chi connectivity index (χ0n) is 9.24. The van der Waals surface area contributed by atoms with Gasteiger partial charge in [0.1, 0.15) is 23.4 Å². The molecule has 0 spiro atoms. The first-order valence-corrected chi connectivity index (χ1v) is 5.02. The Hall–Kier alpha value is -1.69. The van der Waals surface area contributed by atoms with Crippen molar-refractivity contribution in [1.29, 1.82) is 0 Å². The first kappa shape index (κ1) is 13.4. The van der Waals surface area contributed by atoms with Crippen molar-refractivity contribution in [3.8, 4) is 5.75 Å². The van der Waals surface area contributed by atoms with Crippen LogP contribution in [0.2, 0.25) is 0 Å². The summed E-state index contributed by atoms with van der Waals surface area (Å²) < 4.78 is 30.6. The lowest BCUT2D eigenvalue weighted by atomic mass is 10.2. The first-order valence-electron chi connectivity index (χ1n) is 5.02. The van der Waals surface area contributed by atoms with Gasteiger partial charge in [0.15, 0.2) is 0 Å². The third-order valence-electron chi connectivity index (χ3n) is 2.16. The predicted molar refractivity (Wildman–Crippen MR) is 57.0 cm³/mol. The van der Waals surface area contributed by atoms with Gasteiger partial charge >= 0.3 is 5.97 Å². The van der Waals surface area contributed by atoms with Gasteiger partial charge in [-0.2, -0.15) is 0 Å². The van der Waals surface area contributed by atoms with Crippen LogP contribution in [0.1, 0.15) is 6.42 Å². The zero-order chi connectivity index (χ0) is 12.8. The third kappa shape index (κ3) is 4.36. The normalized spacial score (nSPS) is 12.2. The Morgan fingerprint density at radius 1 is 1.41 bits per heavy atom. The van der Waals surface area contributed by atoms with Gasteiger partial charge in [0, 0.05) is 24.6 Å². The lowest BCUT2D eigenvalue weighted by molar-refractivity contribution is -0.139. The zero-order valence-corrected chi connectivity index (χ0v) is 9.24. The molecule has 0 aliphatic rings. The van der Waals surface area contributed by atoms with Crippen molar-refractivity contribution in [2.24, 2.45) is 0 Å². The van der Waals surface area contributed by atoms with Gasteiger partial charge < -0.3 is 15.2 Å². The fourth-order valence-electron chi connectivity index (χ4n) is 1.30. The molecule has 0 radical (unpaired) electrons. The van der Waals surface area contributed by atoms with E-state index in [1.165, 1.54) is 7.05 Å². The monoisotopic (exact) mass is 245 g/mol. The summed E-state index contributed by atoms with van der Waals surface area (Å²) >= 11 is 0. The summed E-state index contributed by atoms with van der Waals surface area (Å²) in [5.41, 5.74) is 0. The minimum Gasteiger partial charge on any atom is -0.493 e. The van der Waals surface area contributed by atoms with Crippen molar-refractivity contribution in [3.63, 3.8) is 0 Å². The Morgan fingerprint density at radius 2 is 2.00 bits per heavy atom. The molecule has 0 bridgehead atoms. The highest BCUT2D eigenvalue weighted by molar-refractivity contribution is 5.73. The van der Waals surface area contributed by atoms with Crippen LogP contribution in [-0.4, -0.2) is 30.8 Å².